The molecule has 1 aliphatic heterocycles. The zero-order valence-electron chi connectivity index (χ0n) is 11.2. The predicted octanol–water partition coefficient (Wildman–Crippen LogP) is 2.71. The summed E-state index contributed by atoms with van der Waals surface area (Å²) in [5, 5.41) is 2.85. The summed E-state index contributed by atoms with van der Waals surface area (Å²) < 4.78 is 5.63. The summed E-state index contributed by atoms with van der Waals surface area (Å²) in [7, 11) is 0. The van der Waals surface area contributed by atoms with Gasteiger partial charge in [0.25, 0.3) is 0 Å². The van der Waals surface area contributed by atoms with E-state index < -0.39 is 0 Å². The van der Waals surface area contributed by atoms with Crippen molar-refractivity contribution >= 4 is 17.4 Å². The molecule has 1 aromatic rings. The van der Waals surface area contributed by atoms with Gasteiger partial charge < -0.3 is 14.8 Å². The third kappa shape index (κ3) is 4.09. The van der Waals surface area contributed by atoms with E-state index in [1.807, 2.05) is 18.2 Å². The Bertz CT molecular complexity index is 482. The molecular formula is C15H19NO3. The molecule has 4 heteroatoms. The fraction of sp³-hybridized carbons (Fsp3) is 0.467. The van der Waals surface area contributed by atoms with E-state index in [4.69, 9.17) is 4.74 Å². The highest BCUT2D eigenvalue weighted by Gasteiger charge is 2.14. The number of hydrogen-bond acceptors (Lipinski definition) is 3. The summed E-state index contributed by atoms with van der Waals surface area (Å²) in [5.74, 6) is 1.05. The SMILES string of the molecule is CC(=O)CCCCOc1ccc2c(c1)NC(=O)CC2. The van der Waals surface area contributed by atoms with Crippen molar-refractivity contribution in [1.29, 1.82) is 0 Å². The molecule has 0 saturated carbocycles. The standard InChI is InChI=1S/C15H19NO3/c1-11(17)4-2-3-9-19-13-7-5-12-6-8-15(18)16-14(12)10-13/h5,7,10H,2-4,6,8-9H2,1H3,(H,16,18). The number of rotatable bonds is 6. The van der Waals surface area contributed by atoms with Crippen molar-refractivity contribution in [3.63, 3.8) is 0 Å². The van der Waals surface area contributed by atoms with Crippen LogP contribution in [0.3, 0.4) is 0 Å². The smallest absolute Gasteiger partial charge is 0.224 e. The summed E-state index contributed by atoms with van der Waals surface area (Å²) in [6, 6.07) is 5.80. The van der Waals surface area contributed by atoms with Gasteiger partial charge in [0.1, 0.15) is 11.5 Å². The molecule has 0 aliphatic carbocycles. The number of hydrogen-bond donors (Lipinski definition) is 1. The molecule has 0 radical (unpaired) electrons. The number of benzene rings is 1. The first kappa shape index (κ1) is 13.6. The van der Waals surface area contributed by atoms with Gasteiger partial charge in [-0.2, -0.15) is 0 Å². The average molecular weight is 261 g/mol. The number of ketones is 1. The number of carbonyl (C=O) groups excluding carboxylic acids is 2. The van der Waals surface area contributed by atoms with Crippen LogP contribution in [0.15, 0.2) is 18.2 Å². The molecule has 0 spiro atoms. The molecule has 0 atom stereocenters. The maximum absolute atomic E-state index is 11.3. The minimum Gasteiger partial charge on any atom is -0.494 e. The Kier molecular flexibility index (Phi) is 4.55. The Hall–Kier alpha value is -1.84. The number of ether oxygens (including phenoxy) is 1. The van der Waals surface area contributed by atoms with E-state index in [9.17, 15) is 9.59 Å². The Labute approximate surface area is 113 Å². The zero-order chi connectivity index (χ0) is 13.7. The van der Waals surface area contributed by atoms with Crippen molar-refractivity contribution in [1.82, 2.24) is 0 Å². The van der Waals surface area contributed by atoms with Crippen molar-refractivity contribution in [2.45, 2.75) is 39.0 Å². The van der Waals surface area contributed by atoms with Crippen molar-refractivity contribution < 1.29 is 14.3 Å². The fourth-order valence-electron chi connectivity index (χ4n) is 2.11. The van der Waals surface area contributed by atoms with Crippen LogP contribution in [0.25, 0.3) is 0 Å². The zero-order valence-corrected chi connectivity index (χ0v) is 11.2. The molecule has 1 aromatic carbocycles. The molecule has 1 heterocycles. The molecule has 4 nitrogen and oxygen atoms in total. The van der Waals surface area contributed by atoms with Crippen LogP contribution < -0.4 is 10.1 Å². The summed E-state index contributed by atoms with van der Waals surface area (Å²) >= 11 is 0. The molecule has 0 fully saturated rings. The molecule has 1 amide bonds. The fourth-order valence-corrected chi connectivity index (χ4v) is 2.11. The third-order valence-electron chi connectivity index (χ3n) is 3.17. The van der Waals surface area contributed by atoms with Gasteiger partial charge in [-0.3, -0.25) is 4.79 Å². The highest BCUT2D eigenvalue weighted by Crippen LogP contribution is 2.27. The van der Waals surface area contributed by atoms with Crippen LogP contribution >= 0.6 is 0 Å². The molecule has 0 unspecified atom stereocenters. The van der Waals surface area contributed by atoms with Gasteiger partial charge in [0.05, 0.1) is 6.61 Å². The number of Topliss-reactive ketones (excluding diaryl/α,β-unsaturated/α-hetero) is 1. The summed E-state index contributed by atoms with van der Waals surface area (Å²) in [6.45, 7) is 2.20. The topological polar surface area (TPSA) is 55.4 Å². The van der Waals surface area contributed by atoms with Crippen molar-refractivity contribution in [2.24, 2.45) is 0 Å². The van der Waals surface area contributed by atoms with Crippen LogP contribution in [0.4, 0.5) is 5.69 Å². The molecule has 2 rings (SSSR count). The van der Waals surface area contributed by atoms with Gasteiger partial charge >= 0.3 is 0 Å². The number of nitrogens with one attached hydrogen (secondary N) is 1. The predicted molar refractivity (Wildman–Crippen MR) is 73.4 cm³/mol. The quantitative estimate of drug-likeness (QED) is 0.801. The summed E-state index contributed by atoms with van der Waals surface area (Å²) in [5.41, 5.74) is 2.01. The maximum atomic E-state index is 11.3. The second kappa shape index (κ2) is 6.36. The number of fused-ring (bicyclic) bond motifs is 1. The molecular weight excluding hydrogens is 242 g/mol. The van der Waals surface area contributed by atoms with Gasteiger partial charge in [0.15, 0.2) is 0 Å². The number of aryl methyl sites for hydroxylation is 1. The third-order valence-corrected chi connectivity index (χ3v) is 3.17. The molecule has 0 bridgehead atoms. The van der Waals surface area contributed by atoms with Gasteiger partial charge in [0, 0.05) is 24.6 Å². The molecule has 19 heavy (non-hydrogen) atoms. The van der Waals surface area contributed by atoms with Crippen molar-refractivity contribution in [3.05, 3.63) is 23.8 Å². The largest absolute Gasteiger partial charge is 0.494 e. The van der Waals surface area contributed by atoms with Gasteiger partial charge in [-0.05, 0) is 37.8 Å². The monoisotopic (exact) mass is 261 g/mol. The second-order valence-electron chi connectivity index (χ2n) is 4.87. The van der Waals surface area contributed by atoms with Crippen LogP contribution in [0.5, 0.6) is 5.75 Å². The van der Waals surface area contributed by atoms with Gasteiger partial charge in [0.2, 0.25) is 5.91 Å². The highest BCUT2D eigenvalue weighted by atomic mass is 16.5. The van der Waals surface area contributed by atoms with E-state index in [-0.39, 0.29) is 11.7 Å². The Balaban J connectivity index is 1.83. The lowest BCUT2D eigenvalue weighted by molar-refractivity contribution is -0.117. The average Bonchev–Trinajstić information content (AvgIpc) is 2.37. The molecule has 102 valence electrons. The van der Waals surface area contributed by atoms with E-state index in [1.165, 1.54) is 0 Å². The Morgan fingerprint density at radius 1 is 1.32 bits per heavy atom. The normalized spacial score (nSPS) is 13.6. The lowest BCUT2D eigenvalue weighted by atomic mass is 10.0. The number of anilines is 1. The number of unbranched alkanes of at least 4 members (excludes halogenated alkanes) is 1. The van der Waals surface area contributed by atoms with Crippen LogP contribution in [0.1, 0.15) is 38.2 Å². The lowest BCUT2D eigenvalue weighted by Gasteiger charge is -2.17. The highest BCUT2D eigenvalue weighted by molar-refractivity contribution is 5.94. The second-order valence-corrected chi connectivity index (χ2v) is 4.87. The van der Waals surface area contributed by atoms with Crippen molar-refractivity contribution in [2.75, 3.05) is 11.9 Å². The Morgan fingerprint density at radius 2 is 2.16 bits per heavy atom. The number of amides is 1. The van der Waals surface area contributed by atoms with E-state index in [2.05, 4.69) is 5.32 Å². The first-order chi connectivity index (χ1) is 9.15. The van der Waals surface area contributed by atoms with E-state index in [0.29, 0.717) is 19.4 Å². The Morgan fingerprint density at radius 3 is 2.95 bits per heavy atom. The summed E-state index contributed by atoms with van der Waals surface area (Å²) in [4.78, 5) is 22.1. The molecule has 0 saturated heterocycles. The van der Waals surface area contributed by atoms with Gasteiger partial charge in [-0.1, -0.05) is 6.07 Å². The first-order valence-corrected chi connectivity index (χ1v) is 6.70. The van der Waals surface area contributed by atoms with Crippen molar-refractivity contribution in [3.8, 4) is 5.75 Å². The number of carbonyl (C=O) groups is 2. The first-order valence-electron chi connectivity index (χ1n) is 6.70. The molecule has 1 N–H and O–H groups in total. The van der Waals surface area contributed by atoms with E-state index in [0.717, 1.165) is 36.3 Å². The van der Waals surface area contributed by atoms with Crippen LogP contribution in [0.2, 0.25) is 0 Å². The molecule has 1 aliphatic rings. The minimum absolute atomic E-state index is 0.0612. The van der Waals surface area contributed by atoms with Gasteiger partial charge in [-0.15, -0.1) is 0 Å². The van der Waals surface area contributed by atoms with Gasteiger partial charge in [-0.25, -0.2) is 0 Å². The summed E-state index contributed by atoms with van der Waals surface area (Å²) in [6.07, 6.45) is 3.68. The van der Waals surface area contributed by atoms with Crippen LogP contribution in [-0.4, -0.2) is 18.3 Å². The van der Waals surface area contributed by atoms with Crippen LogP contribution in [0, 0.1) is 0 Å². The lowest BCUT2D eigenvalue weighted by Crippen LogP contribution is -2.18. The van der Waals surface area contributed by atoms with E-state index >= 15 is 0 Å². The molecule has 0 aromatic heterocycles. The van der Waals surface area contributed by atoms with E-state index in [1.54, 1.807) is 6.92 Å². The maximum Gasteiger partial charge on any atom is 0.224 e. The minimum atomic E-state index is 0.0612. The van der Waals surface area contributed by atoms with Crippen LogP contribution in [-0.2, 0) is 16.0 Å².